The maximum absolute atomic E-state index is 13.9. The first-order valence-corrected chi connectivity index (χ1v) is 21.2. The molecule has 58 heavy (non-hydrogen) atoms. The van der Waals surface area contributed by atoms with E-state index < -0.39 is 5.97 Å². The van der Waals surface area contributed by atoms with E-state index in [-0.39, 0.29) is 42.1 Å². The molecule has 0 radical (unpaired) electrons. The summed E-state index contributed by atoms with van der Waals surface area (Å²) in [6.45, 7) is 22.6. The Morgan fingerprint density at radius 2 is 1.45 bits per heavy atom. The van der Waals surface area contributed by atoms with Gasteiger partial charge in [0.1, 0.15) is 0 Å². The third-order valence-electron chi connectivity index (χ3n) is 11.6. The number of carboxylic acids is 1. The topological polar surface area (TPSA) is 177 Å². The maximum atomic E-state index is 13.9. The number of hydrogen-bond acceptors (Lipinski definition) is 7. The number of carbonyl (C=O) groups is 3. The number of nitrogens with zero attached hydrogens (tertiary/aromatic N) is 2. The number of carboxylic acid groups (broad SMARTS) is 1. The van der Waals surface area contributed by atoms with E-state index in [1.807, 2.05) is 25.1 Å². The largest absolute Gasteiger partial charge is 0.478 e. The van der Waals surface area contributed by atoms with Gasteiger partial charge in [0.05, 0.1) is 34.6 Å². The predicted octanol–water partition coefficient (Wildman–Crippen LogP) is 7.53. The average molecular weight is 793 g/mol. The second-order valence-corrected chi connectivity index (χ2v) is 15.6. The van der Waals surface area contributed by atoms with E-state index in [1.54, 1.807) is 6.92 Å². The van der Waals surface area contributed by atoms with Crippen LogP contribution < -0.4 is 21.3 Å². The van der Waals surface area contributed by atoms with Crippen LogP contribution in [0.4, 0.5) is 0 Å². The van der Waals surface area contributed by atoms with E-state index in [9.17, 15) is 19.5 Å². The van der Waals surface area contributed by atoms with Crippen molar-refractivity contribution in [2.75, 3.05) is 39.3 Å². The average Bonchev–Trinajstić information content (AvgIpc) is 3.88. The summed E-state index contributed by atoms with van der Waals surface area (Å²) in [7, 11) is 0. The van der Waals surface area contributed by atoms with E-state index in [0.717, 1.165) is 95.6 Å². The van der Waals surface area contributed by atoms with E-state index in [2.05, 4.69) is 78.5 Å². The van der Waals surface area contributed by atoms with Crippen LogP contribution in [0.5, 0.6) is 0 Å². The van der Waals surface area contributed by atoms with Crippen LogP contribution in [0.3, 0.4) is 0 Å². The van der Waals surface area contributed by atoms with E-state index in [4.69, 9.17) is 9.97 Å². The molecule has 2 unspecified atom stereocenters. The molecule has 2 aliphatic heterocycles. The highest BCUT2D eigenvalue weighted by Gasteiger charge is 2.34. The van der Waals surface area contributed by atoms with Crippen LogP contribution in [-0.2, 0) is 22.4 Å². The van der Waals surface area contributed by atoms with Gasteiger partial charge in [0.25, 0.3) is 0 Å². The number of allylic oxidation sites excluding steroid dienone is 3. The highest BCUT2D eigenvalue weighted by atomic mass is 16.4. The molecule has 12 nitrogen and oxygen atoms in total. The minimum Gasteiger partial charge on any atom is -0.478 e. The Morgan fingerprint density at radius 3 is 2.07 bits per heavy atom. The van der Waals surface area contributed by atoms with Gasteiger partial charge < -0.3 is 36.3 Å². The number of aryl methyl sites for hydroxylation is 3. The molecule has 312 valence electrons. The van der Waals surface area contributed by atoms with Crippen molar-refractivity contribution in [3.63, 3.8) is 0 Å². The Kier molecular flexibility index (Phi) is 15.6. The summed E-state index contributed by atoms with van der Waals surface area (Å²) in [5.74, 6) is -1.85. The van der Waals surface area contributed by atoms with E-state index >= 15 is 0 Å². The molecule has 2 atom stereocenters. The Labute approximate surface area is 343 Å². The molecule has 3 aromatic heterocycles. The zero-order valence-electron chi connectivity index (χ0n) is 35.6. The van der Waals surface area contributed by atoms with Crippen molar-refractivity contribution >= 4 is 51.0 Å². The van der Waals surface area contributed by atoms with Gasteiger partial charge in [0.2, 0.25) is 11.8 Å². The number of fused-ring (bicyclic) bond motifs is 8. The van der Waals surface area contributed by atoms with Gasteiger partial charge in [0.15, 0.2) is 0 Å². The minimum atomic E-state index is -1.10. The van der Waals surface area contributed by atoms with Gasteiger partial charge in [0, 0.05) is 77.8 Å². The van der Waals surface area contributed by atoms with Gasteiger partial charge in [-0.1, -0.05) is 53.2 Å². The van der Waals surface area contributed by atoms with Crippen molar-refractivity contribution in [2.45, 2.75) is 112 Å². The minimum absolute atomic E-state index is 0.0649. The summed E-state index contributed by atoms with van der Waals surface area (Å²) in [5, 5.41) is 23.6. The third-order valence-corrected chi connectivity index (χ3v) is 11.6. The normalized spacial score (nSPS) is 15.2. The molecule has 0 aliphatic carbocycles. The highest BCUT2D eigenvalue weighted by Crippen LogP contribution is 2.43. The van der Waals surface area contributed by atoms with Crippen molar-refractivity contribution in [1.82, 2.24) is 41.2 Å². The summed E-state index contributed by atoms with van der Waals surface area (Å²) >= 11 is 0. The molecule has 3 aromatic rings. The van der Waals surface area contributed by atoms with Crippen LogP contribution in [0, 0.1) is 13.8 Å². The number of rotatable bonds is 20. The summed E-state index contributed by atoms with van der Waals surface area (Å²) in [6.07, 6.45) is 7.51. The Bertz CT molecular complexity index is 2200. The lowest BCUT2D eigenvalue weighted by atomic mass is 9.84. The fourth-order valence-corrected chi connectivity index (χ4v) is 8.13. The molecule has 5 heterocycles. The second kappa shape index (κ2) is 20.6. The summed E-state index contributed by atoms with van der Waals surface area (Å²) in [4.78, 5) is 57.9. The van der Waals surface area contributed by atoms with Gasteiger partial charge in [-0.3, -0.25) is 14.6 Å². The molecule has 0 spiro atoms. The molecule has 2 amide bonds. The third kappa shape index (κ3) is 10.1. The number of H-pyrrole nitrogens is 2. The monoisotopic (exact) mass is 793 g/mol. The first-order valence-electron chi connectivity index (χ1n) is 21.2. The van der Waals surface area contributed by atoms with Crippen LogP contribution >= 0.6 is 0 Å². The molecule has 8 bridgehead atoms. The number of carbonyl (C=O) groups excluding carboxylic acids is 2. The van der Waals surface area contributed by atoms with Crippen molar-refractivity contribution in [2.24, 2.45) is 0 Å². The lowest BCUT2D eigenvalue weighted by molar-refractivity contribution is -0.121. The van der Waals surface area contributed by atoms with Gasteiger partial charge in [-0.25, -0.2) is 9.78 Å². The second-order valence-electron chi connectivity index (χ2n) is 15.6. The molecule has 0 fully saturated rings. The fourth-order valence-electron chi connectivity index (χ4n) is 8.13. The first kappa shape index (κ1) is 44.0. The van der Waals surface area contributed by atoms with Crippen molar-refractivity contribution < 1.29 is 19.5 Å². The lowest BCUT2D eigenvalue weighted by Crippen LogP contribution is -2.33. The summed E-state index contributed by atoms with van der Waals surface area (Å²) in [6, 6.07) is 6.02. The van der Waals surface area contributed by atoms with Crippen LogP contribution in [-0.4, -0.2) is 82.1 Å². The smallest absolute Gasteiger partial charge is 0.338 e. The molecule has 0 saturated carbocycles. The standard InChI is InChI=1S/C46H64N8O4/c1-9-13-17-47-19-21-49-41(55)16-15-33-29(7)37-24-35-27(5)31(11-3)39(51-35)25-36-28(6)32(12-4)40(52-36)26-38-30(8)43(46(57)58)45(54-38)34(44(33)53-37)23-42(56)50-22-20-48-18-14-10-2/h11,24-26,29,33,47-48,52,54H,3,9-10,12-23H2,1-2,4-8H3,(H,49,55)(H,50,56)(H,57,58). The zero-order valence-corrected chi connectivity index (χ0v) is 35.6. The quantitative estimate of drug-likeness (QED) is 0.0575. The molecular formula is C46H64N8O4. The number of nitrogens with one attached hydrogen (secondary N) is 6. The predicted molar refractivity (Wildman–Crippen MR) is 235 cm³/mol. The maximum Gasteiger partial charge on any atom is 0.338 e. The number of aromatic nitrogens is 4. The van der Waals surface area contributed by atoms with E-state index in [1.165, 1.54) is 0 Å². The molecule has 0 aromatic carbocycles. The zero-order chi connectivity index (χ0) is 41.9. The lowest BCUT2D eigenvalue weighted by Gasteiger charge is -2.18. The van der Waals surface area contributed by atoms with Gasteiger partial charge in [-0.05, 0) is 100 Å². The highest BCUT2D eigenvalue weighted by molar-refractivity contribution is 6.03. The van der Waals surface area contributed by atoms with Crippen LogP contribution in [0.15, 0.2) is 30.9 Å². The van der Waals surface area contributed by atoms with Crippen molar-refractivity contribution in [3.05, 3.63) is 81.4 Å². The molecule has 5 rings (SSSR count). The number of unbranched alkanes of at least 4 members (excludes halogenated alkanes) is 2. The van der Waals surface area contributed by atoms with Crippen LogP contribution in [0.1, 0.15) is 140 Å². The number of aromatic carboxylic acids is 1. The Hall–Kier alpha value is -5.07. The number of hydrogen-bond donors (Lipinski definition) is 7. The molecule has 2 aliphatic rings. The number of amides is 2. The van der Waals surface area contributed by atoms with Gasteiger partial charge in [-0.2, -0.15) is 0 Å². The SMILES string of the molecule is C=CC1=C(C)c2cc3nc(c(CC(=O)NCCNCCCC)c4[nH]c(cc5[nH]c(cc1n2)c(C)c5CC)c(C)c4C(=O)O)C(CCC(=O)NCCNCCCC)C3C. The van der Waals surface area contributed by atoms with Crippen LogP contribution in [0.25, 0.3) is 33.2 Å². The molecular weight excluding hydrogens is 729 g/mol. The fraction of sp³-hybridized carbons (Fsp3) is 0.500. The number of aromatic amines is 2. The molecule has 0 saturated heterocycles. The summed E-state index contributed by atoms with van der Waals surface area (Å²) < 4.78 is 0. The van der Waals surface area contributed by atoms with E-state index in [0.29, 0.717) is 60.5 Å². The first-order chi connectivity index (χ1) is 27.9. The molecule has 7 N–H and O–H groups in total. The Morgan fingerprint density at radius 1 is 0.793 bits per heavy atom. The summed E-state index contributed by atoms with van der Waals surface area (Å²) in [5.41, 5.74) is 10.9. The van der Waals surface area contributed by atoms with Crippen molar-refractivity contribution in [1.29, 1.82) is 0 Å². The van der Waals surface area contributed by atoms with Gasteiger partial charge >= 0.3 is 5.97 Å². The van der Waals surface area contributed by atoms with Crippen molar-refractivity contribution in [3.8, 4) is 0 Å². The molecule has 12 heteroatoms. The van der Waals surface area contributed by atoms with Crippen LogP contribution in [0.2, 0.25) is 0 Å². The van der Waals surface area contributed by atoms with Gasteiger partial charge in [-0.15, -0.1) is 0 Å². The Balaban J connectivity index is 1.74.